The molecule has 0 spiro atoms. The third-order valence-electron chi connectivity index (χ3n) is 4.56. The van der Waals surface area contributed by atoms with E-state index >= 15 is 0 Å². The average molecular weight is 397 g/mol. The maximum absolute atomic E-state index is 12.5. The van der Waals surface area contributed by atoms with Crippen LogP contribution in [0.2, 0.25) is 0 Å². The fourth-order valence-electron chi connectivity index (χ4n) is 3.00. The summed E-state index contributed by atoms with van der Waals surface area (Å²) in [6.45, 7) is 6.65. The van der Waals surface area contributed by atoms with E-state index in [1.165, 1.54) is 24.3 Å². The highest BCUT2D eigenvalue weighted by atomic mass is 32.2. The lowest BCUT2D eigenvalue weighted by Gasteiger charge is -2.33. The van der Waals surface area contributed by atoms with Crippen LogP contribution in [0.15, 0.2) is 29.2 Å². The summed E-state index contributed by atoms with van der Waals surface area (Å²) in [7, 11) is -3.41. The molecule has 0 aliphatic carbocycles. The van der Waals surface area contributed by atoms with Crippen LogP contribution in [0.25, 0.3) is 0 Å². The molecular formula is C19H28N2O5S. The molecule has 1 aromatic carbocycles. The Hall–Kier alpha value is -2.09. The minimum absolute atomic E-state index is 0.0417. The van der Waals surface area contributed by atoms with Gasteiger partial charge >= 0.3 is 6.09 Å². The smallest absolute Gasteiger partial charge is 0.410 e. The average Bonchev–Trinajstić information content (AvgIpc) is 2.59. The van der Waals surface area contributed by atoms with Gasteiger partial charge in [0.2, 0.25) is 5.91 Å². The molecule has 1 aliphatic rings. The van der Waals surface area contributed by atoms with Crippen molar-refractivity contribution < 1.29 is 22.7 Å². The zero-order valence-electron chi connectivity index (χ0n) is 16.1. The number of piperidine rings is 1. The lowest BCUT2D eigenvalue weighted by molar-refractivity contribution is 0.0183. The Balaban J connectivity index is 1.85. The van der Waals surface area contributed by atoms with Crippen LogP contribution in [0.4, 0.5) is 4.79 Å². The number of hydrogen-bond donors (Lipinski definition) is 1. The van der Waals surface area contributed by atoms with Gasteiger partial charge < -0.3 is 15.4 Å². The number of amides is 2. The molecule has 1 aliphatic heterocycles. The van der Waals surface area contributed by atoms with Crippen molar-refractivity contribution in [3.63, 3.8) is 0 Å². The topological polar surface area (TPSA) is 107 Å². The van der Waals surface area contributed by atoms with Gasteiger partial charge in [0.1, 0.15) is 5.60 Å². The SMILES string of the molecule is CC(C)(C)OC(=O)N1CCC(CCS(=O)(=O)c2ccc(C(N)=O)cc2)CC1. The summed E-state index contributed by atoms with van der Waals surface area (Å²) < 4.78 is 30.3. The number of sulfone groups is 1. The molecule has 27 heavy (non-hydrogen) atoms. The molecule has 8 heteroatoms. The van der Waals surface area contributed by atoms with Crippen LogP contribution in [0, 0.1) is 5.92 Å². The monoisotopic (exact) mass is 396 g/mol. The number of benzene rings is 1. The van der Waals surface area contributed by atoms with Crippen molar-refractivity contribution >= 4 is 21.8 Å². The number of ether oxygens (including phenoxy) is 1. The van der Waals surface area contributed by atoms with E-state index < -0.39 is 21.3 Å². The molecule has 1 aromatic rings. The lowest BCUT2D eigenvalue weighted by atomic mass is 9.95. The van der Waals surface area contributed by atoms with E-state index in [9.17, 15) is 18.0 Å². The standard InChI is InChI=1S/C19H28N2O5S/c1-19(2,3)26-18(23)21-11-8-14(9-12-21)10-13-27(24,25)16-6-4-15(5-7-16)17(20)22/h4-7,14H,8-13H2,1-3H3,(H2,20,22). The van der Waals surface area contributed by atoms with Crippen molar-refractivity contribution in [2.24, 2.45) is 11.7 Å². The fourth-order valence-corrected chi connectivity index (χ4v) is 4.43. The summed E-state index contributed by atoms with van der Waals surface area (Å²) in [4.78, 5) is 25.0. The Bertz CT molecular complexity index is 773. The lowest BCUT2D eigenvalue weighted by Crippen LogP contribution is -2.41. The second kappa shape index (κ2) is 8.29. The van der Waals surface area contributed by atoms with E-state index in [2.05, 4.69) is 0 Å². The molecule has 0 radical (unpaired) electrons. The number of likely N-dealkylation sites (tertiary alicyclic amines) is 1. The van der Waals surface area contributed by atoms with Crippen molar-refractivity contribution in [2.45, 2.75) is 50.5 Å². The Morgan fingerprint density at radius 1 is 1.15 bits per heavy atom. The van der Waals surface area contributed by atoms with Gasteiger partial charge in [-0.2, -0.15) is 0 Å². The largest absolute Gasteiger partial charge is 0.444 e. The van der Waals surface area contributed by atoms with Crippen molar-refractivity contribution in [1.29, 1.82) is 0 Å². The minimum atomic E-state index is -3.41. The Morgan fingerprint density at radius 2 is 1.70 bits per heavy atom. The highest BCUT2D eigenvalue weighted by Crippen LogP contribution is 2.24. The third-order valence-corrected chi connectivity index (χ3v) is 6.32. The molecule has 0 bridgehead atoms. The van der Waals surface area contributed by atoms with E-state index in [1.54, 1.807) is 4.90 Å². The Labute approximate surface area is 160 Å². The number of nitrogens with two attached hydrogens (primary N) is 1. The number of carbonyl (C=O) groups is 2. The number of carbonyl (C=O) groups excluding carboxylic acids is 2. The van der Waals surface area contributed by atoms with Crippen molar-refractivity contribution in [3.05, 3.63) is 29.8 Å². The first kappa shape index (κ1) is 21.2. The normalized spacial score (nSPS) is 16.2. The summed E-state index contributed by atoms with van der Waals surface area (Å²) in [5.41, 5.74) is 4.93. The first-order valence-electron chi connectivity index (χ1n) is 9.08. The molecule has 1 fully saturated rings. The predicted octanol–water partition coefficient (Wildman–Crippen LogP) is 2.60. The van der Waals surface area contributed by atoms with Gasteiger partial charge in [0.15, 0.2) is 9.84 Å². The van der Waals surface area contributed by atoms with E-state index in [0.29, 0.717) is 19.5 Å². The molecule has 7 nitrogen and oxygen atoms in total. The van der Waals surface area contributed by atoms with E-state index in [-0.39, 0.29) is 28.2 Å². The molecular weight excluding hydrogens is 368 g/mol. The molecule has 0 atom stereocenters. The van der Waals surface area contributed by atoms with Gasteiger partial charge in [-0.1, -0.05) is 0 Å². The molecule has 0 unspecified atom stereocenters. The number of primary amides is 1. The van der Waals surface area contributed by atoms with Gasteiger partial charge in [0.25, 0.3) is 0 Å². The first-order chi connectivity index (χ1) is 12.5. The van der Waals surface area contributed by atoms with Crippen LogP contribution in [0.1, 0.15) is 50.4 Å². The molecule has 1 heterocycles. The number of hydrogen-bond acceptors (Lipinski definition) is 5. The highest BCUT2D eigenvalue weighted by Gasteiger charge is 2.27. The quantitative estimate of drug-likeness (QED) is 0.823. The van der Waals surface area contributed by atoms with Gasteiger partial charge in [-0.3, -0.25) is 4.79 Å². The zero-order chi connectivity index (χ0) is 20.2. The maximum atomic E-state index is 12.5. The summed E-state index contributed by atoms with van der Waals surface area (Å²) >= 11 is 0. The van der Waals surface area contributed by atoms with E-state index in [4.69, 9.17) is 10.5 Å². The fraction of sp³-hybridized carbons (Fsp3) is 0.579. The molecule has 2 amide bonds. The Kier molecular flexibility index (Phi) is 6.51. The van der Waals surface area contributed by atoms with Crippen LogP contribution in [-0.4, -0.2) is 49.8 Å². The van der Waals surface area contributed by atoms with E-state index in [0.717, 1.165) is 12.8 Å². The van der Waals surface area contributed by atoms with Crippen LogP contribution in [-0.2, 0) is 14.6 Å². The molecule has 0 aromatic heterocycles. The van der Waals surface area contributed by atoms with Crippen LogP contribution >= 0.6 is 0 Å². The number of rotatable bonds is 5. The van der Waals surface area contributed by atoms with Gasteiger partial charge in [0.05, 0.1) is 10.6 Å². The number of nitrogens with zero attached hydrogens (tertiary/aromatic N) is 1. The molecule has 2 N–H and O–H groups in total. The molecule has 0 saturated carbocycles. The Morgan fingerprint density at radius 3 is 2.19 bits per heavy atom. The predicted molar refractivity (Wildman–Crippen MR) is 102 cm³/mol. The highest BCUT2D eigenvalue weighted by molar-refractivity contribution is 7.91. The molecule has 1 saturated heterocycles. The van der Waals surface area contributed by atoms with E-state index in [1.807, 2.05) is 20.8 Å². The van der Waals surface area contributed by atoms with Crippen molar-refractivity contribution in [3.8, 4) is 0 Å². The van der Waals surface area contributed by atoms with Crippen LogP contribution in [0.3, 0.4) is 0 Å². The second-order valence-corrected chi connectivity index (χ2v) is 10.0. The van der Waals surface area contributed by atoms with Crippen LogP contribution in [0.5, 0.6) is 0 Å². The second-order valence-electron chi connectivity index (χ2n) is 7.91. The summed E-state index contributed by atoms with van der Waals surface area (Å²) in [6.07, 6.45) is 1.75. The van der Waals surface area contributed by atoms with Crippen molar-refractivity contribution in [2.75, 3.05) is 18.8 Å². The molecule has 150 valence electrons. The summed E-state index contributed by atoms with van der Waals surface area (Å²) in [6, 6.07) is 5.68. The van der Waals surface area contributed by atoms with Gasteiger partial charge in [-0.05, 0) is 70.2 Å². The van der Waals surface area contributed by atoms with Gasteiger partial charge in [-0.25, -0.2) is 13.2 Å². The zero-order valence-corrected chi connectivity index (χ0v) is 16.9. The maximum Gasteiger partial charge on any atom is 0.410 e. The third kappa shape index (κ3) is 6.23. The van der Waals surface area contributed by atoms with Gasteiger partial charge in [-0.15, -0.1) is 0 Å². The van der Waals surface area contributed by atoms with Crippen LogP contribution < -0.4 is 5.73 Å². The molecule has 2 rings (SSSR count). The van der Waals surface area contributed by atoms with Crippen molar-refractivity contribution in [1.82, 2.24) is 4.90 Å². The summed E-state index contributed by atoms with van der Waals surface area (Å²) in [5.74, 6) is -0.293. The van der Waals surface area contributed by atoms with Gasteiger partial charge in [0, 0.05) is 18.7 Å². The first-order valence-corrected chi connectivity index (χ1v) is 10.7. The minimum Gasteiger partial charge on any atom is -0.444 e. The summed E-state index contributed by atoms with van der Waals surface area (Å²) in [5, 5.41) is 0.